The van der Waals surface area contributed by atoms with E-state index in [2.05, 4.69) is 16.7 Å². The smallest absolute Gasteiger partial charge is 0.224 e. The zero-order valence-corrected chi connectivity index (χ0v) is 11.0. The molecule has 0 bridgehead atoms. The SMILES string of the molecule is O=C(Cc1ccc(O)cc1)NCCC1=CCNCC1. The average Bonchev–Trinajstić information content (AvgIpc) is 2.43. The highest BCUT2D eigenvalue weighted by atomic mass is 16.3. The maximum atomic E-state index is 11.7. The predicted molar refractivity (Wildman–Crippen MR) is 75.0 cm³/mol. The average molecular weight is 260 g/mol. The van der Waals surface area contributed by atoms with Crippen LogP contribution in [0.1, 0.15) is 18.4 Å². The summed E-state index contributed by atoms with van der Waals surface area (Å²) in [6, 6.07) is 6.74. The summed E-state index contributed by atoms with van der Waals surface area (Å²) in [4.78, 5) is 11.7. The van der Waals surface area contributed by atoms with Crippen molar-refractivity contribution in [2.75, 3.05) is 19.6 Å². The highest BCUT2D eigenvalue weighted by molar-refractivity contribution is 5.78. The Kier molecular flexibility index (Phi) is 4.98. The number of benzene rings is 1. The van der Waals surface area contributed by atoms with E-state index < -0.39 is 0 Å². The van der Waals surface area contributed by atoms with Crippen LogP contribution >= 0.6 is 0 Å². The maximum absolute atomic E-state index is 11.7. The van der Waals surface area contributed by atoms with Crippen LogP contribution in [0.3, 0.4) is 0 Å². The summed E-state index contributed by atoms with van der Waals surface area (Å²) in [6.45, 7) is 2.67. The fraction of sp³-hybridized carbons (Fsp3) is 0.400. The molecule has 2 rings (SSSR count). The van der Waals surface area contributed by atoms with Gasteiger partial charge in [-0.1, -0.05) is 23.8 Å². The molecule has 1 heterocycles. The summed E-state index contributed by atoms with van der Waals surface area (Å²) in [6.07, 6.45) is 4.58. The number of carbonyl (C=O) groups excluding carboxylic acids is 1. The predicted octanol–water partition coefficient (Wildman–Crippen LogP) is 1.36. The standard InChI is InChI=1S/C15H20N2O2/c18-14-3-1-13(2-4-14)11-15(19)17-10-7-12-5-8-16-9-6-12/h1-5,16,18H,6-11H2,(H,17,19). The van der Waals surface area contributed by atoms with Gasteiger partial charge in [0.15, 0.2) is 0 Å². The van der Waals surface area contributed by atoms with Crippen LogP contribution in [0, 0.1) is 0 Å². The number of nitrogens with one attached hydrogen (secondary N) is 2. The molecular formula is C15H20N2O2. The van der Waals surface area contributed by atoms with Gasteiger partial charge in [0.2, 0.25) is 5.91 Å². The van der Waals surface area contributed by atoms with Crippen LogP contribution in [0.15, 0.2) is 35.9 Å². The molecule has 1 aromatic carbocycles. The van der Waals surface area contributed by atoms with Gasteiger partial charge in [-0.15, -0.1) is 0 Å². The largest absolute Gasteiger partial charge is 0.508 e. The van der Waals surface area contributed by atoms with Gasteiger partial charge in [0.1, 0.15) is 5.75 Å². The third kappa shape index (κ3) is 4.75. The summed E-state index contributed by atoms with van der Waals surface area (Å²) in [5.74, 6) is 0.252. The van der Waals surface area contributed by atoms with E-state index in [1.165, 1.54) is 5.57 Å². The number of amides is 1. The molecule has 0 aromatic heterocycles. The van der Waals surface area contributed by atoms with Gasteiger partial charge in [-0.3, -0.25) is 4.79 Å². The van der Waals surface area contributed by atoms with E-state index in [1.807, 2.05) is 0 Å². The highest BCUT2D eigenvalue weighted by Crippen LogP contribution is 2.10. The second-order valence-electron chi connectivity index (χ2n) is 4.76. The molecule has 1 aliphatic rings. The normalized spacial score (nSPS) is 14.8. The van der Waals surface area contributed by atoms with Crippen LogP contribution in [0.2, 0.25) is 0 Å². The number of carbonyl (C=O) groups is 1. The van der Waals surface area contributed by atoms with Crippen molar-refractivity contribution in [3.05, 3.63) is 41.5 Å². The lowest BCUT2D eigenvalue weighted by molar-refractivity contribution is -0.120. The number of phenols is 1. The van der Waals surface area contributed by atoms with Crippen LogP contribution in [-0.2, 0) is 11.2 Å². The molecule has 0 atom stereocenters. The van der Waals surface area contributed by atoms with E-state index in [0.717, 1.165) is 31.5 Å². The zero-order valence-electron chi connectivity index (χ0n) is 11.0. The fourth-order valence-electron chi connectivity index (χ4n) is 2.12. The Labute approximate surface area is 113 Å². The van der Waals surface area contributed by atoms with Gasteiger partial charge in [0.25, 0.3) is 0 Å². The quantitative estimate of drug-likeness (QED) is 0.701. The van der Waals surface area contributed by atoms with Gasteiger partial charge in [-0.05, 0) is 37.1 Å². The molecule has 4 heteroatoms. The Bertz CT molecular complexity index is 452. The van der Waals surface area contributed by atoms with Crippen molar-refractivity contribution in [1.29, 1.82) is 0 Å². The summed E-state index contributed by atoms with van der Waals surface area (Å²) in [7, 11) is 0. The van der Waals surface area contributed by atoms with Crippen molar-refractivity contribution < 1.29 is 9.90 Å². The molecular weight excluding hydrogens is 240 g/mol. The van der Waals surface area contributed by atoms with Crippen LogP contribution < -0.4 is 10.6 Å². The molecule has 1 aromatic rings. The van der Waals surface area contributed by atoms with Gasteiger partial charge in [0.05, 0.1) is 6.42 Å². The first kappa shape index (κ1) is 13.6. The van der Waals surface area contributed by atoms with Crippen LogP contribution in [-0.4, -0.2) is 30.6 Å². The Balaban J connectivity index is 1.69. The van der Waals surface area contributed by atoms with Crippen molar-refractivity contribution in [3.8, 4) is 5.75 Å². The van der Waals surface area contributed by atoms with Crippen molar-refractivity contribution in [2.45, 2.75) is 19.3 Å². The fourth-order valence-corrected chi connectivity index (χ4v) is 2.12. The zero-order chi connectivity index (χ0) is 13.5. The molecule has 0 fully saturated rings. The van der Waals surface area contributed by atoms with Crippen LogP contribution in [0.5, 0.6) is 5.75 Å². The molecule has 0 radical (unpaired) electrons. The molecule has 0 saturated heterocycles. The highest BCUT2D eigenvalue weighted by Gasteiger charge is 2.05. The van der Waals surface area contributed by atoms with Crippen molar-refractivity contribution in [1.82, 2.24) is 10.6 Å². The number of hydrogen-bond donors (Lipinski definition) is 3. The monoisotopic (exact) mass is 260 g/mol. The maximum Gasteiger partial charge on any atom is 0.224 e. The summed E-state index contributed by atoms with van der Waals surface area (Å²) in [5.41, 5.74) is 2.33. The summed E-state index contributed by atoms with van der Waals surface area (Å²) >= 11 is 0. The molecule has 1 aliphatic heterocycles. The summed E-state index contributed by atoms with van der Waals surface area (Å²) in [5, 5.41) is 15.4. The van der Waals surface area contributed by atoms with Crippen molar-refractivity contribution in [2.24, 2.45) is 0 Å². The Hall–Kier alpha value is -1.81. The topological polar surface area (TPSA) is 61.4 Å². The van der Waals surface area contributed by atoms with Crippen LogP contribution in [0.25, 0.3) is 0 Å². The van der Waals surface area contributed by atoms with Gasteiger partial charge in [-0.25, -0.2) is 0 Å². The van der Waals surface area contributed by atoms with Gasteiger partial charge >= 0.3 is 0 Å². The molecule has 0 aliphatic carbocycles. The number of rotatable bonds is 5. The van der Waals surface area contributed by atoms with Crippen molar-refractivity contribution >= 4 is 5.91 Å². The molecule has 0 spiro atoms. The minimum Gasteiger partial charge on any atom is -0.508 e. The van der Waals surface area contributed by atoms with E-state index in [1.54, 1.807) is 24.3 Å². The minimum atomic E-state index is 0.0280. The third-order valence-electron chi connectivity index (χ3n) is 3.23. The first-order valence-electron chi connectivity index (χ1n) is 6.67. The Morgan fingerprint density at radius 2 is 2.11 bits per heavy atom. The molecule has 102 valence electrons. The Morgan fingerprint density at radius 1 is 1.32 bits per heavy atom. The summed E-state index contributed by atoms with van der Waals surface area (Å²) < 4.78 is 0. The van der Waals surface area contributed by atoms with E-state index in [-0.39, 0.29) is 11.7 Å². The number of hydrogen-bond acceptors (Lipinski definition) is 3. The number of aromatic hydroxyl groups is 1. The van der Waals surface area contributed by atoms with E-state index in [4.69, 9.17) is 5.11 Å². The van der Waals surface area contributed by atoms with Crippen LogP contribution in [0.4, 0.5) is 0 Å². The molecule has 4 nitrogen and oxygen atoms in total. The first-order chi connectivity index (χ1) is 9.24. The Morgan fingerprint density at radius 3 is 2.79 bits per heavy atom. The molecule has 0 unspecified atom stereocenters. The van der Waals surface area contributed by atoms with Gasteiger partial charge in [-0.2, -0.15) is 0 Å². The van der Waals surface area contributed by atoms with Gasteiger partial charge in [0, 0.05) is 13.1 Å². The molecule has 19 heavy (non-hydrogen) atoms. The number of phenolic OH excluding ortho intramolecular Hbond substituents is 1. The molecule has 3 N–H and O–H groups in total. The van der Waals surface area contributed by atoms with E-state index in [0.29, 0.717) is 13.0 Å². The third-order valence-corrected chi connectivity index (χ3v) is 3.23. The molecule has 1 amide bonds. The lowest BCUT2D eigenvalue weighted by atomic mass is 10.1. The van der Waals surface area contributed by atoms with E-state index in [9.17, 15) is 4.79 Å². The lowest BCUT2D eigenvalue weighted by Crippen LogP contribution is -2.27. The van der Waals surface area contributed by atoms with Crippen molar-refractivity contribution in [3.63, 3.8) is 0 Å². The minimum absolute atomic E-state index is 0.0280. The van der Waals surface area contributed by atoms with Gasteiger partial charge < -0.3 is 15.7 Å². The van der Waals surface area contributed by atoms with E-state index >= 15 is 0 Å². The lowest BCUT2D eigenvalue weighted by Gasteiger charge is -2.14. The second kappa shape index (κ2) is 6.95. The first-order valence-corrected chi connectivity index (χ1v) is 6.67. The second-order valence-corrected chi connectivity index (χ2v) is 4.76. The molecule has 0 saturated carbocycles.